The largest absolute Gasteiger partial charge is 0.316 e. The van der Waals surface area contributed by atoms with Gasteiger partial charge < -0.3 is 5.32 Å². The van der Waals surface area contributed by atoms with Gasteiger partial charge in [0.1, 0.15) is 0 Å². The van der Waals surface area contributed by atoms with Crippen LogP contribution in [0.1, 0.15) is 50.2 Å². The van der Waals surface area contributed by atoms with Crippen LogP contribution >= 0.6 is 0 Å². The van der Waals surface area contributed by atoms with Gasteiger partial charge in [0.05, 0.1) is 0 Å². The Morgan fingerprint density at radius 2 is 1.89 bits per heavy atom. The second-order valence-corrected chi connectivity index (χ2v) is 5.71. The zero-order valence-electron chi connectivity index (χ0n) is 12.5. The average molecular weight is 260 g/mol. The first-order chi connectivity index (χ1) is 9.33. The van der Waals surface area contributed by atoms with Crippen molar-refractivity contribution < 1.29 is 0 Å². The van der Waals surface area contributed by atoms with Gasteiger partial charge in [-0.3, -0.25) is 4.90 Å². The normalized spacial score (nSPS) is 17.0. The molecule has 0 heterocycles. The van der Waals surface area contributed by atoms with E-state index in [9.17, 15) is 0 Å². The molecule has 0 radical (unpaired) electrons. The molecule has 2 nitrogen and oxygen atoms in total. The van der Waals surface area contributed by atoms with Crippen LogP contribution in [0.15, 0.2) is 24.3 Å². The number of hydrogen-bond acceptors (Lipinski definition) is 2. The van der Waals surface area contributed by atoms with Crippen molar-refractivity contribution in [3.05, 3.63) is 35.4 Å². The van der Waals surface area contributed by atoms with E-state index in [0.29, 0.717) is 0 Å². The van der Waals surface area contributed by atoms with Gasteiger partial charge in [-0.2, -0.15) is 0 Å². The molecule has 0 spiro atoms. The Labute approximate surface area is 118 Å². The summed E-state index contributed by atoms with van der Waals surface area (Å²) in [5.41, 5.74) is 2.85. The van der Waals surface area contributed by atoms with Gasteiger partial charge in [-0.25, -0.2) is 0 Å². The van der Waals surface area contributed by atoms with Gasteiger partial charge in [0, 0.05) is 19.1 Å². The maximum atomic E-state index is 3.23. The van der Waals surface area contributed by atoms with Gasteiger partial charge in [0.15, 0.2) is 0 Å². The summed E-state index contributed by atoms with van der Waals surface area (Å²) in [7, 11) is 2.01. The molecule has 2 rings (SSSR count). The summed E-state index contributed by atoms with van der Waals surface area (Å²) < 4.78 is 0. The molecule has 0 aliphatic heterocycles. The molecule has 1 aliphatic carbocycles. The Bertz CT molecular complexity index is 369. The van der Waals surface area contributed by atoms with Crippen molar-refractivity contribution in [1.29, 1.82) is 0 Å². The van der Waals surface area contributed by atoms with Gasteiger partial charge in [-0.05, 0) is 37.6 Å². The third-order valence-electron chi connectivity index (χ3n) is 4.26. The van der Waals surface area contributed by atoms with Crippen LogP contribution < -0.4 is 5.32 Å². The number of nitrogens with one attached hydrogen (secondary N) is 1. The third kappa shape index (κ3) is 4.32. The first-order valence-corrected chi connectivity index (χ1v) is 7.80. The molecule has 1 aliphatic rings. The Hall–Kier alpha value is -0.860. The van der Waals surface area contributed by atoms with Crippen molar-refractivity contribution in [3.8, 4) is 0 Å². The molecule has 0 saturated heterocycles. The highest BCUT2D eigenvalue weighted by Gasteiger charge is 2.19. The Balaban J connectivity index is 1.98. The fourth-order valence-electron chi connectivity index (χ4n) is 3.22. The smallest absolute Gasteiger partial charge is 0.0236 e. The molecule has 19 heavy (non-hydrogen) atoms. The highest BCUT2D eigenvalue weighted by Crippen LogP contribution is 2.24. The summed E-state index contributed by atoms with van der Waals surface area (Å²) in [5.74, 6) is 0. The van der Waals surface area contributed by atoms with Crippen molar-refractivity contribution in [2.24, 2.45) is 0 Å². The lowest BCUT2D eigenvalue weighted by Crippen LogP contribution is -2.36. The van der Waals surface area contributed by atoms with Crippen LogP contribution in [0, 0.1) is 0 Å². The average Bonchev–Trinajstić information content (AvgIpc) is 2.46. The summed E-state index contributed by atoms with van der Waals surface area (Å²) in [6.07, 6.45) is 7.06. The molecule has 1 aromatic rings. The van der Waals surface area contributed by atoms with E-state index in [-0.39, 0.29) is 0 Å². The minimum absolute atomic E-state index is 0.812. The van der Waals surface area contributed by atoms with Crippen molar-refractivity contribution >= 4 is 0 Å². The van der Waals surface area contributed by atoms with Crippen LogP contribution in [0.25, 0.3) is 0 Å². The highest BCUT2D eigenvalue weighted by atomic mass is 15.1. The second kappa shape index (κ2) is 7.66. The molecule has 106 valence electrons. The van der Waals surface area contributed by atoms with E-state index >= 15 is 0 Å². The molecule has 1 saturated carbocycles. The molecular weight excluding hydrogens is 232 g/mol. The van der Waals surface area contributed by atoms with Crippen LogP contribution in [0.4, 0.5) is 0 Å². The summed E-state index contributed by atoms with van der Waals surface area (Å²) >= 11 is 0. The topological polar surface area (TPSA) is 15.3 Å². The quantitative estimate of drug-likeness (QED) is 0.841. The molecule has 0 bridgehead atoms. The zero-order valence-corrected chi connectivity index (χ0v) is 12.5. The fraction of sp³-hybridized carbons (Fsp3) is 0.647. The first-order valence-electron chi connectivity index (χ1n) is 7.80. The summed E-state index contributed by atoms with van der Waals surface area (Å²) in [5, 5.41) is 3.23. The lowest BCUT2D eigenvalue weighted by atomic mass is 9.94. The van der Waals surface area contributed by atoms with E-state index in [2.05, 4.69) is 41.4 Å². The maximum Gasteiger partial charge on any atom is 0.0236 e. The summed E-state index contributed by atoms with van der Waals surface area (Å²) in [4.78, 5) is 2.66. The second-order valence-electron chi connectivity index (χ2n) is 5.71. The van der Waals surface area contributed by atoms with Crippen molar-refractivity contribution in [1.82, 2.24) is 10.2 Å². The summed E-state index contributed by atoms with van der Waals surface area (Å²) in [6.45, 7) is 5.54. The van der Waals surface area contributed by atoms with Gasteiger partial charge in [0.25, 0.3) is 0 Å². The predicted octanol–water partition coefficient (Wildman–Crippen LogP) is 3.56. The highest BCUT2D eigenvalue weighted by molar-refractivity contribution is 5.23. The summed E-state index contributed by atoms with van der Waals surface area (Å²) in [6, 6.07) is 9.83. The van der Waals surface area contributed by atoms with Gasteiger partial charge >= 0.3 is 0 Å². The number of hydrogen-bond donors (Lipinski definition) is 1. The molecule has 1 aromatic carbocycles. The molecule has 0 unspecified atom stereocenters. The van der Waals surface area contributed by atoms with Crippen molar-refractivity contribution in [3.63, 3.8) is 0 Å². The monoisotopic (exact) mass is 260 g/mol. The van der Waals surface area contributed by atoms with Crippen molar-refractivity contribution in [2.75, 3.05) is 13.6 Å². The molecule has 0 amide bonds. The number of nitrogens with zero attached hydrogens (tertiary/aromatic N) is 1. The molecule has 0 atom stereocenters. The molecule has 1 N–H and O–H groups in total. The molecule has 0 aromatic heterocycles. The Morgan fingerprint density at radius 3 is 2.58 bits per heavy atom. The number of rotatable bonds is 6. The van der Waals surface area contributed by atoms with E-state index in [4.69, 9.17) is 0 Å². The van der Waals surface area contributed by atoms with Crippen LogP contribution in [0.3, 0.4) is 0 Å². The maximum absolute atomic E-state index is 3.23. The van der Waals surface area contributed by atoms with Crippen LogP contribution in [-0.4, -0.2) is 24.5 Å². The standard InChI is InChI=1S/C17H28N2/c1-3-19(17-10-5-4-6-11-17)14-16-9-7-8-15(12-16)13-18-2/h7-9,12,17-18H,3-6,10-11,13-14H2,1-2H3. The SMILES string of the molecule is CCN(Cc1cccc(CNC)c1)C1CCCCC1. The van der Waals surface area contributed by atoms with E-state index in [1.807, 2.05) is 7.05 Å². The lowest BCUT2D eigenvalue weighted by Gasteiger charge is -2.33. The van der Waals surface area contributed by atoms with E-state index < -0.39 is 0 Å². The molecule has 1 fully saturated rings. The third-order valence-corrected chi connectivity index (χ3v) is 4.26. The Kier molecular flexibility index (Phi) is 5.87. The minimum Gasteiger partial charge on any atom is -0.316 e. The van der Waals surface area contributed by atoms with E-state index in [1.54, 1.807) is 0 Å². The van der Waals surface area contributed by atoms with Crippen LogP contribution in [0.2, 0.25) is 0 Å². The molecule has 2 heteroatoms. The first kappa shape index (κ1) is 14.5. The van der Waals surface area contributed by atoms with Crippen LogP contribution in [0.5, 0.6) is 0 Å². The van der Waals surface area contributed by atoms with Gasteiger partial charge in [-0.15, -0.1) is 0 Å². The predicted molar refractivity (Wildman–Crippen MR) is 82.2 cm³/mol. The number of benzene rings is 1. The van der Waals surface area contributed by atoms with Crippen molar-refractivity contribution in [2.45, 2.75) is 58.2 Å². The fourth-order valence-corrected chi connectivity index (χ4v) is 3.22. The lowest BCUT2D eigenvalue weighted by molar-refractivity contribution is 0.156. The molecular formula is C17H28N2. The minimum atomic E-state index is 0.812. The van der Waals surface area contributed by atoms with Gasteiger partial charge in [-0.1, -0.05) is 50.5 Å². The van der Waals surface area contributed by atoms with E-state index in [0.717, 1.165) is 19.1 Å². The van der Waals surface area contributed by atoms with Crippen LogP contribution in [-0.2, 0) is 13.1 Å². The van der Waals surface area contributed by atoms with E-state index in [1.165, 1.54) is 49.8 Å². The Morgan fingerprint density at radius 1 is 1.16 bits per heavy atom. The zero-order chi connectivity index (χ0) is 13.5. The van der Waals surface area contributed by atoms with Gasteiger partial charge in [0.2, 0.25) is 0 Å².